The lowest BCUT2D eigenvalue weighted by Crippen LogP contribution is -2.47. The molecular formula is C20H23F3N4O3. The number of anilines is 1. The number of carbonyl (C=O) groups is 2. The van der Waals surface area contributed by atoms with Crippen LogP contribution in [0.25, 0.3) is 0 Å². The van der Waals surface area contributed by atoms with E-state index in [1.54, 1.807) is 19.9 Å². The summed E-state index contributed by atoms with van der Waals surface area (Å²) in [6, 6.07) is 3.92. The molecule has 0 unspecified atom stereocenters. The number of carbonyl (C=O) groups excluding carboxylic acids is 2. The summed E-state index contributed by atoms with van der Waals surface area (Å²) in [6.45, 7) is 4.39. The second kappa shape index (κ2) is 8.76. The van der Waals surface area contributed by atoms with E-state index in [9.17, 15) is 22.8 Å². The smallest absolute Gasteiger partial charge is 0.417 e. The standard InChI is InChI=1S/C20H23F3N4O3/c1-12-9-16(13(2)30-12)19(29)25-11-18(28)26-15-5-7-27(8-6-15)17-4-3-14(10-24-17)20(21,22)23/h3-4,9-10,15H,5-8,11H2,1-2H3,(H,25,29)(H,26,28). The van der Waals surface area contributed by atoms with Gasteiger partial charge in [-0.2, -0.15) is 13.2 Å². The number of pyridine rings is 1. The fourth-order valence-corrected chi connectivity index (χ4v) is 3.38. The second-order valence-corrected chi connectivity index (χ2v) is 7.24. The Hall–Kier alpha value is -3.04. The molecule has 30 heavy (non-hydrogen) atoms. The quantitative estimate of drug-likeness (QED) is 0.771. The SMILES string of the molecule is Cc1cc(C(=O)NCC(=O)NC2CCN(c3ccc(C(F)(F)F)cn3)CC2)c(C)o1. The summed E-state index contributed by atoms with van der Waals surface area (Å²) < 4.78 is 43.2. The molecule has 0 aromatic carbocycles. The minimum absolute atomic E-state index is 0.0713. The highest BCUT2D eigenvalue weighted by molar-refractivity contribution is 5.97. The number of hydrogen-bond donors (Lipinski definition) is 2. The van der Waals surface area contributed by atoms with Crippen LogP contribution in [0.1, 0.15) is 40.3 Å². The number of amides is 2. The number of piperidine rings is 1. The van der Waals surface area contributed by atoms with Gasteiger partial charge in [0.2, 0.25) is 5.91 Å². The molecule has 0 saturated carbocycles. The molecule has 2 N–H and O–H groups in total. The summed E-state index contributed by atoms with van der Waals surface area (Å²) in [5.74, 6) is 0.923. The Balaban J connectivity index is 1.43. The topological polar surface area (TPSA) is 87.5 Å². The van der Waals surface area contributed by atoms with Crippen molar-refractivity contribution < 1.29 is 27.2 Å². The van der Waals surface area contributed by atoms with E-state index >= 15 is 0 Å². The average Bonchev–Trinajstić information content (AvgIpc) is 3.04. The minimum Gasteiger partial charge on any atom is -0.466 e. The number of nitrogens with zero attached hydrogens (tertiary/aromatic N) is 2. The second-order valence-electron chi connectivity index (χ2n) is 7.24. The van der Waals surface area contributed by atoms with Gasteiger partial charge in [0.05, 0.1) is 17.7 Å². The van der Waals surface area contributed by atoms with Crippen LogP contribution in [0.3, 0.4) is 0 Å². The Morgan fingerprint density at radius 1 is 1.23 bits per heavy atom. The number of furan rings is 1. The van der Waals surface area contributed by atoms with E-state index in [1.807, 2.05) is 4.90 Å². The van der Waals surface area contributed by atoms with Crippen LogP contribution in [-0.4, -0.2) is 42.5 Å². The van der Waals surface area contributed by atoms with Gasteiger partial charge in [-0.15, -0.1) is 0 Å². The lowest BCUT2D eigenvalue weighted by atomic mass is 10.0. The van der Waals surface area contributed by atoms with Gasteiger partial charge in [-0.05, 0) is 44.9 Å². The summed E-state index contributed by atoms with van der Waals surface area (Å²) in [7, 11) is 0. The Kier molecular flexibility index (Phi) is 6.33. The molecule has 0 spiro atoms. The maximum absolute atomic E-state index is 12.6. The van der Waals surface area contributed by atoms with Crippen molar-refractivity contribution in [2.24, 2.45) is 0 Å². The molecule has 10 heteroatoms. The van der Waals surface area contributed by atoms with Crippen LogP contribution in [0.2, 0.25) is 0 Å². The maximum atomic E-state index is 12.6. The number of halogens is 3. The zero-order chi connectivity index (χ0) is 21.9. The summed E-state index contributed by atoms with van der Waals surface area (Å²) in [5.41, 5.74) is -0.381. The van der Waals surface area contributed by atoms with E-state index in [-0.39, 0.29) is 24.4 Å². The largest absolute Gasteiger partial charge is 0.466 e. The molecule has 0 radical (unpaired) electrons. The normalized spacial score (nSPS) is 15.2. The monoisotopic (exact) mass is 424 g/mol. The van der Waals surface area contributed by atoms with E-state index in [0.717, 1.165) is 12.3 Å². The van der Waals surface area contributed by atoms with Crippen LogP contribution >= 0.6 is 0 Å². The highest BCUT2D eigenvalue weighted by Gasteiger charge is 2.31. The van der Waals surface area contributed by atoms with Crippen LogP contribution in [-0.2, 0) is 11.0 Å². The molecule has 2 amide bonds. The number of hydrogen-bond acceptors (Lipinski definition) is 5. The van der Waals surface area contributed by atoms with Gasteiger partial charge in [-0.3, -0.25) is 9.59 Å². The van der Waals surface area contributed by atoms with E-state index in [2.05, 4.69) is 15.6 Å². The number of nitrogens with one attached hydrogen (secondary N) is 2. The number of rotatable bonds is 5. The van der Waals surface area contributed by atoms with Crippen LogP contribution in [0.15, 0.2) is 28.8 Å². The van der Waals surface area contributed by atoms with Crippen molar-refractivity contribution in [3.63, 3.8) is 0 Å². The van der Waals surface area contributed by atoms with Crippen molar-refractivity contribution in [2.75, 3.05) is 24.5 Å². The molecule has 3 heterocycles. The Bertz CT molecular complexity index is 901. The fourth-order valence-electron chi connectivity index (χ4n) is 3.38. The predicted molar refractivity (Wildman–Crippen MR) is 103 cm³/mol. The molecular weight excluding hydrogens is 401 g/mol. The minimum atomic E-state index is -4.41. The van der Waals surface area contributed by atoms with E-state index in [0.29, 0.717) is 48.8 Å². The Morgan fingerprint density at radius 2 is 1.93 bits per heavy atom. The van der Waals surface area contributed by atoms with Gasteiger partial charge in [0.15, 0.2) is 0 Å². The lowest BCUT2D eigenvalue weighted by Gasteiger charge is -2.33. The van der Waals surface area contributed by atoms with Gasteiger partial charge in [0, 0.05) is 25.3 Å². The molecule has 3 rings (SSSR count). The molecule has 0 atom stereocenters. The van der Waals surface area contributed by atoms with Gasteiger partial charge in [0.25, 0.3) is 5.91 Å². The molecule has 1 fully saturated rings. The van der Waals surface area contributed by atoms with Crippen LogP contribution in [0, 0.1) is 13.8 Å². The number of alkyl halides is 3. The van der Waals surface area contributed by atoms with Gasteiger partial charge < -0.3 is 20.0 Å². The molecule has 0 bridgehead atoms. The van der Waals surface area contributed by atoms with E-state index in [4.69, 9.17) is 4.42 Å². The van der Waals surface area contributed by atoms with Gasteiger partial charge in [0.1, 0.15) is 17.3 Å². The van der Waals surface area contributed by atoms with Gasteiger partial charge in [-0.25, -0.2) is 4.98 Å². The molecule has 1 saturated heterocycles. The van der Waals surface area contributed by atoms with E-state index in [1.165, 1.54) is 6.07 Å². The molecule has 1 aliphatic rings. The Morgan fingerprint density at radius 3 is 2.47 bits per heavy atom. The average molecular weight is 424 g/mol. The molecule has 2 aromatic heterocycles. The first-order valence-electron chi connectivity index (χ1n) is 9.56. The maximum Gasteiger partial charge on any atom is 0.417 e. The third-order valence-corrected chi connectivity index (χ3v) is 4.95. The van der Waals surface area contributed by atoms with Crippen molar-refractivity contribution >= 4 is 17.6 Å². The fraction of sp³-hybridized carbons (Fsp3) is 0.450. The third kappa shape index (κ3) is 5.31. The number of aryl methyl sites for hydroxylation is 2. The molecule has 1 aliphatic heterocycles. The van der Waals surface area contributed by atoms with Crippen molar-refractivity contribution in [3.05, 3.63) is 47.0 Å². The van der Waals surface area contributed by atoms with Gasteiger partial charge in [-0.1, -0.05) is 0 Å². The van der Waals surface area contributed by atoms with Crippen molar-refractivity contribution in [1.82, 2.24) is 15.6 Å². The molecule has 2 aromatic rings. The van der Waals surface area contributed by atoms with Gasteiger partial charge >= 0.3 is 6.18 Å². The first-order chi connectivity index (χ1) is 14.1. The zero-order valence-electron chi connectivity index (χ0n) is 16.7. The van der Waals surface area contributed by atoms with Crippen LogP contribution in [0.4, 0.5) is 19.0 Å². The summed E-state index contributed by atoms with van der Waals surface area (Å²) in [4.78, 5) is 30.1. The summed E-state index contributed by atoms with van der Waals surface area (Å²) >= 11 is 0. The highest BCUT2D eigenvalue weighted by atomic mass is 19.4. The van der Waals surface area contributed by atoms with E-state index < -0.39 is 11.7 Å². The first kappa shape index (κ1) is 21.7. The molecule has 0 aliphatic carbocycles. The van der Waals surface area contributed by atoms with Crippen LogP contribution in [0.5, 0.6) is 0 Å². The third-order valence-electron chi connectivity index (χ3n) is 4.95. The zero-order valence-corrected chi connectivity index (χ0v) is 16.7. The summed E-state index contributed by atoms with van der Waals surface area (Å²) in [6.07, 6.45) is -2.33. The lowest BCUT2D eigenvalue weighted by molar-refractivity contribution is -0.137. The molecule has 7 nitrogen and oxygen atoms in total. The predicted octanol–water partition coefficient (Wildman–Crippen LogP) is 2.83. The highest BCUT2D eigenvalue weighted by Crippen LogP contribution is 2.29. The number of aromatic nitrogens is 1. The Labute approximate surface area is 171 Å². The van der Waals surface area contributed by atoms with Crippen LogP contribution < -0.4 is 15.5 Å². The first-order valence-corrected chi connectivity index (χ1v) is 9.56. The van der Waals surface area contributed by atoms with Crippen molar-refractivity contribution in [1.29, 1.82) is 0 Å². The van der Waals surface area contributed by atoms with Crippen molar-refractivity contribution in [2.45, 2.75) is 38.9 Å². The molecule has 162 valence electrons. The summed E-state index contributed by atoms with van der Waals surface area (Å²) in [5, 5.41) is 5.44. The van der Waals surface area contributed by atoms with Crippen molar-refractivity contribution in [3.8, 4) is 0 Å².